The van der Waals surface area contributed by atoms with Gasteiger partial charge in [-0.1, -0.05) is 6.58 Å². The maximum absolute atomic E-state index is 13.4. The van der Waals surface area contributed by atoms with Gasteiger partial charge >= 0.3 is 47.7 Å². The van der Waals surface area contributed by atoms with Gasteiger partial charge in [0.2, 0.25) is 0 Å². The number of hydrogen-bond acceptors (Lipinski definition) is 1. The Hall–Kier alpha value is -1.84. The molecule has 0 bridgehead atoms. The molecule has 0 saturated heterocycles. The van der Waals surface area contributed by atoms with Gasteiger partial charge in [-0.05, 0) is 12.8 Å². The van der Waals surface area contributed by atoms with Gasteiger partial charge in [0, 0.05) is 12.0 Å². The normalized spacial score (nSPS) is 15.3. The van der Waals surface area contributed by atoms with Crippen LogP contribution in [0.4, 0.5) is 65.9 Å². The first kappa shape index (κ1) is 28.2. The van der Waals surface area contributed by atoms with E-state index in [1.165, 1.54) is 0 Å². The SMILES string of the molecule is C=C(CCCC(F)(F)C(F)(F)C(F)(F)C(F)(F)C(F)(C(F)(F)F)C(F)(F)F)C(=O)O. The van der Waals surface area contributed by atoms with Crippen LogP contribution in [0.2, 0.25) is 0 Å². The minimum absolute atomic E-state index is 0.955. The highest BCUT2D eigenvalue weighted by Gasteiger charge is 2.95. The van der Waals surface area contributed by atoms with E-state index in [0.717, 1.165) is 0 Å². The Labute approximate surface area is 156 Å². The van der Waals surface area contributed by atoms with Gasteiger partial charge in [-0.2, -0.15) is 61.5 Å². The van der Waals surface area contributed by atoms with Crippen molar-refractivity contribution in [1.82, 2.24) is 0 Å². The van der Waals surface area contributed by atoms with Crippen molar-refractivity contribution in [2.24, 2.45) is 0 Å². The van der Waals surface area contributed by atoms with Gasteiger partial charge in [-0.25, -0.2) is 9.18 Å². The third kappa shape index (κ3) is 4.15. The van der Waals surface area contributed by atoms with E-state index in [1.54, 1.807) is 0 Å². The summed E-state index contributed by atoms with van der Waals surface area (Å²) in [6.45, 7) is 2.71. The van der Waals surface area contributed by atoms with E-state index >= 15 is 0 Å². The first-order chi connectivity index (χ1) is 12.8. The van der Waals surface area contributed by atoms with Crippen LogP contribution in [-0.2, 0) is 4.79 Å². The molecule has 17 heteroatoms. The zero-order valence-electron chi connectivity index (χ0n) is 13.9. The average molecular weight is 482 g/mol. The number of aliphatic carboxylic acids is 1. The van der Waals surface area contributed by atoms with Gasteiger partial charge in [0.15, 0.2) is 0 Å². The summed E-state index contributed by atoms with van der Waals surface area (Å²) in [7, 11) is 0. The van der Waals surface area contributed by atoms with Crippen LogP contribution in [0.15, 0.2) is 12.2 Å². The van der Waals surface area contributed by atoms with Crippen LogP contribution in [0.1, 0.15) is 19.3 Å². The van der Waals surface area contributed by atoms with Gasteiger partial charge in [-0.3, -0.25) is 0 Å². The van der Waals surface area contributed by atoms with E-state index in [9.17, 15) is 70.7 Å². The van der Waals surface area contributed by atoms with Gasteiger partial charge < -0.3 is 5.11 Å². The Morgan fingerprint density at radius 3 is 1.33 bits per heavy atom. The van der Waals surface area contributed by atoms with Crippen LogP contribution in [0.3, 0.4) is 0 Å². The largest absolute Gasteiger partial charge is 0.478 e. The van der Waals surface area contributed by atoms with Gasteiger partial charge in [0.1, 0.15) is 0 Å². The third-order valence-corrected chi connectivity index (χ3v) is 3.73. The van der Waals surface area contributed by atoms with Gasteiger partial charge in [0.05, 0.1) is 0 Å². The van der Waals surface area contributed by atoms with Crippen LogP contribution in [0.5, 0.6) is 0 Å². The minimum atomic E-state index is -8.45. The number of rotatable bonds is 9. The van der Waals surface area contributed by atoms with E-state index in [0.29, 0.717) is 0 Å². The summed E-state index contributed by atoms with van der Waals surface area (Å²) in [4.78, 5) is 10.3. The molecule has 0 aromatic heterocycles. The lowest BCUT2D eigenvalue weighted by atomic mass is 9.85. The monoisotopic (exact) mass is 482 g/mol. The molecule has 0 rings (SSSR count). The quantitative estimate of drug-likeness (QED) is 0.315. The van der Waals surface area contributed by atoms with E-state index in [4.69, 9.17) is 5.11 Å². The second-order valence-corrected chi connectivity index (χ2v) is 5.84. The highest BCUT2D eigenvalue weighted by Crippen LogP contribution is 2.64. The first-order valence-electron chi connectivity index (χ1n) is 7.07. The summed E-state index contributed by atoms with van der Waals surface area (Å²) in [5.74, 6) is -32.6. The van der Waals surface area contributed by atoms with Crippen LogP contribution >= 0.6 is 0 Å². The maximum Gasteiger partial charge on any atom is 0.438 e. The van der Waals surface area contributed by atoms with E-state index < -0.39 is 72.5 Å². The van der Waals surface area contributed by atoms with Crippen molar-refractivity contribution in [2.45, 2.75) is 61.0 Å². The highest BCUT2D eigenvalue weighted by molar-refractivity contribution is 5.85. The van der Waals surface area contributed by atoms with Gasteiger partial charge in [0.25, 0.3) is 0 Å². The lowest BCUT2D eigenvalue weighted by Gasteiger charge is -2.43. The number of halogens is 15. The summed E-state index contributed by atoms with van der Waals surface area (Å²) in [5, 5.41) is 8.34. The van der Waals surface area contributed by atoms with Crippen LogP contribution < -0.4 is 0 Å². The molecule has 30 heavy (non-hydrogen) atoms. The molecular formula is C13H9F15O2. The molecule has 1 N–H and O–H groups in total. The second-order valence-electron chi connectivity index (χ2n) is 5.84. The number of hydrogen-bond donors (Lipinski definition) is 1. The smallest absolute Gasteiger partial charge is 0.438 e. The Bertz CT molecular complexity index is 644. The number of carboxylic acid groups (broad SMARTS) is 1. The van der Waals surface area contributed by atoms with Gasteiger partial charge in [-0.15, -0.1) is 0 Å². The number of alkyl halides is 15. The van der Waals surface area contributed by atoms with Crippen LogP contribution in [0, 0.1) is 0 Å². The maximum atomic E-state index is 13.4. The highest BCUT2D eigenvalue weighted by atomic mass is 19.4. The molecule has 0 aromatic rings. The Balaban J connectivity index is 6.27. The fraction of sp³-hybridized carbons (Fsp3) is 0.769. The molecule has 0 saturated carbocycles. The Kier molecular flexibility index (Phi) is 7.22. The molecule has 0 amide bonds. The molecular weight excluding hydrogens is 473 g/mol. The lowest BCUT2D eigenvalue weighted by molar-refractivity contribution is -0.457. The molecule has 0 radical (unpaired) electrons. The van der Waals surface area contributed by atoms with Crippen molar-refractivity contribution in [1.29, 1.82) is 0 Å². The first-order valence-corrected chi connectivity index (χ1v) is 7.07. The van der Waals surface area contributed by atoms with E-state index in [2.05, 4.69) is 6.58 Å². The molecule has 0 aliphatic heterocycles. The molecule has 0 fully saturated rings. The summed E-state index contributed by atoms with van der Waals surface area (Å²) in [6, 6.07) is 0. The Morgan fingerprint density at radius 1 is 0.667 bits per heavy atom. The van der Waals surface area contributed by atoms with Crippen LogP contribution in [-0.4, -0.2) is 52.8 Å². The average Bonchev–Trinajstić information content (AvgIpc) is 2.50. The van der Waals surface area contributed by atoms with Crippen molar-refractivity contribution < 1.29 is 75.8 Å². The number of carboxylic acids is 1. The van der Waals surface area contributed by atoms with Crippen molar-refractivity contribution in [2.75, 3.05) is 0 Å². The third-order valence-electron chi connectivity index (χ3n) is 3.73. The second kappa shape index (κ2) is 7.69. The minimum Gasteiger partial charge on any atom is -0.478 e. The molecule has 0 heterocycles. The van der Waals surface area contributed by atoms with Crippen molar-refractivity contribution in [3.63, 3.8) is 0 Å². The van der Waals surface area contributed by atoms with E-state index in [-0.39, 0.29) is 0 Å². The molecule has 0 spiro atoms. The zero-order valence-corrected chi connectivity index (χ0v) is 13.9. The summed E-state index contributed by atoms with van der Waals surface area (Å²) >= 11 is 0. The fourth-order valence-electron chi connectivity index (χ4n) is 1.95. The summed E-state index contributed by atoms with van der Waals surface area (Å²) < 4.78 is 194. The lowest BCUT2D eigenvalue weighted by Crippen LogP contribution is -2.75. The predicted molar refractivity (Wildman–Crippen MR) is 66.4 cm³/mol. The molecule has 0 aliphatic rings. The molecule has 0 unspecified atom stereocenters. The topological polar surface area (TPSA) is 37.3 Å². The van der Waals surface area contributed by atoms with Crippen molar-refractivity contribution in [3.8, 4) is 0 Å². The Morgan fingerprint density at radius 2 is 1.03 bits per heavy atom. The summed E-state index contributed by atoms with van der Waals surface area (Å²) in [5.41, 5.74) is -9.28. The molecule has 178 valence electrons. The van der Waals surface area contributed by atoms with Crippen molar-refractivity contribution >= 4 is 5.97 Å². The van der Waals surface area contributed by atoms with E-state index in [1.807, 2.05) is 0 Å². The molecule has 0 aliphatic carbocycles. The standard InChI is InChI=1S/C13H9F15O2/c1-5(6(29)30)3-2-4-7(14,15)9(17,18)11(21,22)10(19,20)8(16,12(23,24)25)13(26,27)28/h1-4H2,(H,29,30). The molecule has 2 nitrogen and oxygen atoms in total. The molecule has 0 atom stereocenters. The van der Waals surface area contributed by atoms with Crippen LogP contribution in [0.25, 0.3) is 0 Å². The fourth-order valence-corrected chi connectivity index (χ4v) is 1.95. The molecule has 0 aromatic carbocycles. The predicted octanol–water partition coefficient (Wildman–Crippen LogP) is 6.17. The van der Waals surface area contributed by atoms with Crippen molar-refractivity contribution in [3.05, 3.63) is 12.2 Å². The summed E-state index contributed by atoms with van der Waals surface area (Å²) in [6.07, 6.45) is -21.2. The zero-order chi connectivity index (χ0) is 24.8. The number of carbonyl (C=O) groups is 1.